The molecule has 0 radical (unpaired) electrons. The van der Waals surface area contributed by atoms with Crippen molar-refractivity contribution in [2.24, 2.45) is 0 Å². The number of ether oxygens (including phenoxy) is 1. The summed E-state index contributed by atoms with van der Waals surface area (Å²) in [7, 11) is 0. The first-order valence-electron chi connectivity index (χ1n) is 17.7. The van der Waals surface area contributed by atoms with Gasteiger partial charge in [0, 0.05) is 48.2 Å². The molecule has 0 amide bonds. The molecule has 2 aromatic heterocycles. The molecule has 2 nitrogen and oxygen atoms in total. The van der Waals surface area contributed by atoms with Crippen molar-refractivity contribution in [1.29, 1.82) is 0 Å². The standard InChI is InChI=1S/C48H31NOS2/c1-2-8-30(9-3-1)32-14-15-34-27-36(21-18-33(34)26-32)49(35-19-16-31(17-20-35)45-29-46-44(52-45)24-25-51-46)37-22-23-42-43(28-37)50-48-41-13-7-5-11-39(41)38-10-4-6-12-40(38)47(42)48/h1-29,42-43H. The molecule has 0 N–H and O–H groups in total. The van der Waals surface area contributed by atoms with E-state index in [0.717, 1.165) is 22.8 Å². The monoisotopic (exact) mass is 701 g/mol. The Balaban J connectivity index is 1.02. The zero-order chi connectivity index (χ0) is 34.2. The van der Waals surface area contributed by atoms with Crippen LogP contribution < -0.4 is 9.64 Å². The van der Waals surface area contributed by atoms with Crippen LogP contribution in [0, 0.1) is 0 Å². The maximum absolute atomic E-state index is 6.96. The molecule has 52 heavy (non-hydrogen) atoms. The van der Waals surface area contributed by atoms with Crippen LogP contribution in [0.2, 0.25) is 0 Å². The van der Waals surface area contributed by atoms with Crippen molar-refractivity contribution >= 4 is 75.8 Å². The highest BCUT2D eigenvalue weighted by Gasteiger charge is 2.37. The smallest absolute Gasteiger partial charge is 0.132 e. The normalized spacial score (nSPS) is 16.3. The van der Waals surface area contributed by atoms with Crippen LogP contribution in [-0.2, 0) is 0 Å². The number of benzene rings is 7. The van der Waals surface area contributed by atoms with Crippen LogP contribution in [0.3, 0.4) is 0 Å². The molecule has 0 fully saturated rings. The van der Waals surface area contributed by atoms with Gasteiger partial charge in [-0.05, 0) is 104 Å². The highest BCUT2D eigenvalue weighted by atomic mass is 32.1. The summed E-state index contributed by atoms with van der Waals surface area (Å²) < 4.78 is 9.66. The van der Waals surface area contributed by atoms with Crippen molar-refractivity contribution in [3.05, 3.63) is 187 Å². The molecule has 11 rings (SSSR count). The lowest BCUT2D eigenvalue weighted by atomic mass is 9.85. The van der Waals surface area contributed by atoms with Crippen molar-refractivity contribution in [1.82, 2.24) is 0 Å². The molecule has 2 unspecified atom stereocenters. The fourth-order valence-corrected chi connectivity index (χ4v) is 10.3. The van der Waals surface area contributed by atoms with Gasteiger partial charge in [-0.1, -0.05) is 115 Å². The lowest BCUT2D eigenvalue weighted by molar-refractivity contribution is 0.270. The molecular weight excluding hydrogens is 671 g/mol. The summed E-state index contributed by atoms with van der Waals surface area (Å²) in [5.41, 5.74) is 8.32. The first-order valence-corrected chi connectivity index (χ1v) is 19.4. The Labute approximate surface area is 309 Å². The average Bonchev–Trinajstić information content (AvgIpc) is 3.93. The molecule has 1 aliphatic carbocycles. The Morgan fingerprint density at radius 3 is 2.06 bits per heavy atom. The van der Waals surface area contributed by atoms with E-state index in [-0.39, 0.29) is 12.0 Å². The zero-order valence-electron chi connectivity index (χ0n) is 28.1. The first-order chi connectivity index (χ1) is 25.7. The van der Waals surface area contributed by atoms with Gasteiger partial charge in [0.25, 0.3) is 0 Å². The minimum absolute atomic E-state index is 0.112. The highest BCUT2D eigenvalue weighted by Crippen LogP contribution is 2.51. The quantitative estimate of drug-likeness (QED) is 0.166. The summed E-state index contributed by atoms with van der Waals surface area (Å²) in [5, 5.41) is 9.57. The van der Waals surface area contributed by atoms with Crippen molar-refractivity contribution in [3.8, 4) is 27.3 Å². The zero-order valence-corrected chi connectivity index (χ0v) is 29.7. The summed E-state index contributed by atoms with van der Waals surface area (Å²) in [6.45, 7) is 0. The van der Waals surface area contributed by atoms with Crippen LogP contribution in [0.4, 0.5) is 11.4 Å². The van der Waals surface area contributed by atoms with Crippen molar-refractivity contribution in [2.45, 2.75) is 12.0 Å². The molecule has 9 aromatic rings. The van der Waals surface area contributed by atoms with Crippen LogP contribution >= 0.6 is 22.7 Å². The summed E-state index contributed by atoms with van der Waals surface area (Å²) >= 11 is 3.67. The van der Waals surface area contributed by atoms with Gasteiger partial charge in [-0.25, -0.2) is 0 Å². The second kappa shape index (κ2) is 11.8. The lowest BCUT2D eigenvalue weighted by Crippen LogP contribution is -2.24. The van der Waals surface area contributed by atoms with E-state index in [1.165, 1.54) is 68.8 Å². The van der Waals surface area contributed by atoms with Gasteiger partial charge in [0.05, 0.1) is 0 Å². The number of thiophene rings is 2. The van der Waals surface area contributed by atoms with Gasteiger partial charge >= 0.3 is 0 Å². The molecule has 0 bridgehead atoms. The molecule has 246 valence electrons. The summed E-state index contributed by atoms with van der Waals surface area (Å²) in [5.74, 6) is 1.15. The average molecular weight is 702 g/mol. The van der Waals surface area contributed by atoms with Gasteiger partial charge in [0.1, 0.15) is 11.9 Å². The van der Waals surface area contributed by atoms with E-state index in [4.69, 9.17) is 4.74 Å². The molecular formula is C48H31NOS2. The van der Waals surface area contributed by atoms with Crippen molar-refractivity contribution < 1.29 is 4.74 Å². The van der Waals surface area contributed by atoms with Gasteiger partial charge in [0.15, 0.2) is 0 Å². The fraction of sp³-hybridized carbons (Fsp3) is 0.0417. The molecule has 2 aliphatic rings. The largest absolute Gasteiger partial charge is 0.484 e. The second-order valence-electron chi connectivity index (χ2n) is 13.6. The first kappa shape index (κ1) is 29.8. The van der Waals surface area contributed by atoms with Gasteiger partial charge in [-0.15, -0.1) is 22.7 Å². The highest BCUT2D eigenvalue weighted by molar-refractivity contribution is 7.28. The van der Waals surface area contributed by atoms with Crippen molar-refractivity contribution in [2.75, 3.05) is 4.90 Å². The van der Waals surface area contributed by atoms with E-state index >= 15 is 0 Å². The van der Waals surface area contributed by atoms with Crippen LogP contribution in [0.15, 0.2) is 181 Å². The van der Waals surface area contributed by atoms with E-state index < -0.39 is 0 Å². The number of allylic oxidation sites excluding steroid dienone is 1. The Hall–Kier alpha value is -5.94. The Morgan fingerprint density at radius 2 is 1.23 bits per heavy atom. The molecule has 7 aromatic carbocycles. The maximum Gasteiger partial charge on any atom is 0.132 e. The molecule has 0 saturated carbocycles. The van der Waals surface area contributed by atoms with Crippen LogP contribution in [0.1, 0.15) is 11.5 Å². The van der Waals surface area contributed by atoms with Gasteiger partial charge in [0.2, 0.25) is 0 Å². The van der Waals surface area contributed by atoms with E-state index in [0.29, 0.717) is 0 Å². The van der Waals surface area contributed by atoms with Crippen LogP contribution in [-0.4, -0.2) is 6.10 Å². The van der Waals surface area contributed by atoms with Gasteiger partial charge in [-0.3, -0.25) is 0 Å². The summed E-state index contributed by atoms with van der Waals surface area (Å²) in [4.78, 5) is 3.69. The minimum atomic E-state index is -0.112. The molecule has 1 aliphatic heterocycles. The predicted octanol–water partition coefficient (Wildman–Crippen LogP) is 13.9. The number of anilines is 2. The Bertz CT molecular complexity index is 2870. The maximum atomic E-state index is 6.96. The second-order valence-corrected chi connectivity index (χ2v) is 15.7. The number of rotatable bonds is 5. The SMILES string of the molecule is C1=CC2c3c(c4ccccc4c4ccccc34)OC2C=C1N(c1ccc(-c2cc3sccc3s2)cc1)c1ccc2cc(-c3ccccc3)ccc2c1. The topological polar surface area (TPSA) is 12.5 Å². The third-order valence-corrected chi connectivity index (χ3v) is 12.8. The number of hydrogen-bond donors (Lipinski definition) is 0. The van der Waals surface area contributed by atoms with Gasteiger partial charge in [-0.2, -0.15) is 0 Å². The van der Waals surface area contributed by atoms with E-state index in [9.17, 15) is 0 Å². The third kappa shape index (κ3) is 4.76. The van der Waals surface area contributed by atoms with Crippen LogP contribution in [0.5, 0.6) is 5.75 Å². The number of hydrogen-bond acceptors (Lipinski definition) is 4. The molecule has 3 heterocycles. The fourth-order valence-electron chi connectivity index (χ4n) is 8.20. The molecule has 4 heteroatoms. The molecule has 0 spiro atoms. The number of fused-ring (bicyclic) bond motifs is 10. The van der Waals surface area contributed by atoms with Gasteiger partial charge < -0.3 is 9.64 Å². The Kier molecular flexibility index (Phi) is 6.76. The minimum Gasteiger partial charge on any atom is -0.484 e. The number of nitrogens with zero attached hydrogens (tertiary/aromatic N) is 1. The summed E-state index contributed by atoms with van der Waals surface area (Å²) in [6, 6.07) is 55.2. The van der Waals surface area contributed by atoms with E-state index in [2.05, 4.69) is 180 Å². The molecule has 2 atom stereocenters. The molecule has 0 saturated heterocycles. The van der Waals surface area contributed by atoms with E-state index in [1.807, 2.05) is 11.3 Å². The van der Waals surface area contributed by atoms with E-state index in [1.54, 1.807) is 11.3 Å². The summed E-state index contributed by atoms with van der Waals surface area (Å²) in [6.07, 6.45) is 6.88. The van der Waals surface area contributed by atoms with Crippen molar-refractivity contribution in [3.63, 3.8) is 0 Å². The Morgan fingerprint density at radius 1 is 0.538 bits per heavy atom. The predicted molar refractivity (Wildman–Crippen MR) is 222 cm³/mol. The third-order valence-electron chi connectivity index (χ3n) is 10.7. The lowest BCUT2D eigenvalue weighted by Gasteiger charge is -2.30. The van der Waals surface area contributed by atoms with Crippen LogP contribution in [0.25, 0.3) is 63.3 Å².